The zero-order valence-electron chi connectivity index (χ0n) is 12.7. The fourth-order valence-electron chi connectivity index (χ4n) is 3.36. The van der Waals surface area contributed by atoms with Gasteiger partial charge in [-0.25, -0.2) is 4.39 Å². The Balaban J connectivity index is 1.88. The molecular formula is C17H27FN2. The van der Waals surface area contributed by atoms with E-state index in [4.69, 9.17) is 0 Å². The van der Waals surface area contributed by atoms with Crippen molar-refractivity contribution < 1.29 is 4.39 Å². The Morgan fingerprint density at radius 3 is 2.60 bits per heavy atom. The molecule has 0 aromatic heterocycles. The lowest BCUT2D eigenvalue weighted by Gasteiger charge is -2.27. The smallest absolute Gasteiger partial charge is 0.123 e. The van der Waals surface area contributed by atoms with Crippen LogP contribution in [0.1, 0.15) is 39.5 Å². The van der Waals surface area contributed by atoms with Crippen molar-refractivity contribution in [1.82, 2.24) is 5.32 Å². The SMILES string of the molecule is CCNC1CCCC1CCN(CC)c1ccc(F)cc1. The third-order valence-corrected chi connectivity index (χ3v) is 4.47. The Morgan fingerprint density at radius 1 is 1.20 bits per heavy atom. The summed E-state index contributed by atoms with van der Waals surface area (Å²) in [6.45, 7) is 7.46. The number of rotatable bonds is 7. The molecule has 1 N–H and O–H groups in total. The number of nitrogens with zero attached hydrogens (tertiary/aromatic N) is 1. The highest BCUT2D eigenvalue weighted by Crippen LogP contribution is 2.29. The van der Waals surface area contributed by atoms with Crippen LogP contribution in [0.5, 0.6) is 0 Å². The molecule has 1 saturated carbocycles. The summed E-state index contributed by atoms with van der Waals surface area (Å²) < 4.78 is 13.0. The average Bonchev–Trinajstić information content (AvgIpc) is 2.89. The van der Waals surface area contributed by atoms with Gasteiger partial charge in [-0.3, -0.25) is 0 Å². The van der Waals surface area contributed by atoms with E-state index in [0.717, 1.165) is 31.2 Å². The van der Waals surface area contributed by atoms with Crippen LogP contribution in [-0.4, -0.2) is 25.7 Å². The van der Waals surface area contributed by atoms with Gasteiger partial charge in [0.15, 0.2) is 0 Å². The molecule has 0 radical (unpaired) electrons. The van der Waals surface area contributed by atoms with E-state index in [1.54, 1.807) is 12.1 Å². The highest BCUT2D eigenvalue weighted by atomic mass is 19.1. The number of anilines is 1. The van der Waals surface area contributed by atoms with Crippen LogP contribution in [0, 0.1) is 11.7 Å². The Hall–Kier alpha value is -1.09. The lowest BCUT2D eigenvalue weighted by Crippen LogP contribution is -2.34. The van der Waals surface area contributed by atoms with E-state index in [9.17, 15) is 4.39 Å². The summed E-state index contributed by atoms with van der Waals surface area (Å²) in [6, 6.07) is 7.57. The van der Waals surface area contributed by atoms with Gasteiger partial charge < -0.3 is 10.2 Å². The van der Waals surface area contributed by atoms with Crippen LogP contribution >= 0.6 is 0 Å². The normalized spacial score (nSPS) is 22.1. The third kappa shape index (κ3) is 3.95. The lowest BCUT2D eigenvalue weighted by molar-refractivity contribution is 0.386. The minimum absolute atomic E-state index is 0.159. The maximum absolute atomic E-state index is 13.0. The van der Waals surface area contributed by atoms with Crippen LogP contribution in [0.15, 0.2) is 24.3 Å². The van der Waals surface area contributed by atoms with Gasteiger partial charge in [-0.05, 0) is 62.9 Å². The quantitative estimate of drug-likeness (QED) is 0.815. The Bertz CT molecular complexity index is 390. The summed E-state index contributed by atoms with van der Waals surface area (Å²) in [7, 11) is 0. The summed E-state index contributed by atoms with van der Waals surface area (Å²) in [5.41, 5.74) is 1.13. The number of halogens is 1. The van der Waals surface area contributed by atoms with E-state index in [2.05, 4.69) is 24.1 Å². The molecule has 2 atom stereocenters. The maximum Gasteiger partial charge on any atom is 0.123 e. The molecule has 2 nitrogen and oxygen atoms in total. The highest BCUT2D eigenvalue weighted by Gasteiger charge is 2.26. The fraction of sp³-hybridized carbons (Fsp3) is 0.647. The van der Waals surface area contributed by atoms with Gasteiger partial charge in [-0.1, -0.05) is 13.3 Å². The second-order valence-corrected chi connectivity index (χ2v) is 5.70. The average molecular weight is 278 g/mol. The Kier molecular flexibility index (Phi) is 5.84. The Morgan fingerprint density at radius 2 is 1.95 bits per heavy atom. The maximum atomic E-state index is 13.0. The van der Waals surface area contributed by atoms with Gasteiger partial charge in [0.1, 0.15) is 5.82 Å². The van der Waals surface area contributed by atoms with Crippen molar-refractivity contribution in [1.29, 1.82) is 0 Å². The van der Waals surface area contributed by atoms with Crippen LogP contribution in [0.25, 0.3) is 0 Å². The lowest BCUT2D eigenvalue weighted by atomic mass is 9.99. The van der Waals surface area contributed by atoms with Gasteiger partial charge in [-0.2, -0.15) is 0 Å². The van der Waals surface area contributed by atoms with Crippen molar-refractivity contribution in [2.24, 2.45) is 5.92 Å². The molecule has 3 heteroatoms. The van der Waals surface area contributed by atoms with Crippen LogP contribution in [-0.2, 0) is 0 Å². The van der Waals surface area contributed by atoms with Gasteiger partial charge in [-0.15, -0.1) is 0 Å². The summed E-state index contributed by atoms with van der Waals surface area (Å²) in [4.78, 5) is 2.35. The molecule has 0 bridgehead atoms. The molecule has 1 fully saturated rings. The van der Waals surface area contributed by atoms with Crippen molar-refractivity contribution in [2.45, 2.75) is 45.6 Å². The van der Waals surface area contributed by atoms with Gasteiger partial charge >= 0.3 is 0 Å². The van der Waals surface area contributed by atoms with E-state index in [1.165, 1.54) is 25.7 Å². The predicted molar refractivity (Wildman–Crippen MR) is 83.7 cm³/mol. The molecule has 112 valence electrons. The summed E-state index contributed by atoms with van der Waals surface area (Å²) in [5.74, 6) is 0.636. The first kappa shape index (κ1) is 15.3. The topological polar surface area (TPSA) is 15.3 Å². The van der Waals surface area contributed by atoms with Crippen molar-refractivity contribution in [3.63, 3.8) is 0 Å². The van der Waals surface area contributed by atoms with E-state index in [-0.39, 0.29) is 5.82 Å². The van der Waals surface area contributed by atoms with Gasteiger partial charge in [0.2, 0.25) is 0 Å². The number of hydrogen-bond acceptors (Lipinski definition) is 2. The number of hydrogen-bond donors (Lipinski definition) is 1. The molecule has 20 heavy (non-hydrogen) atoms. The van der Waals surface area contributed by atoms with E-state index < -0.39 is 0 Å². The van der Waals surface area contributed by atoms with Crippen LogP contribution in [0.4, 0.5) is 10.1 Å². The van der Waals surface area contributed by atoms with E-state index >= 15 is 0 Å². The Labute approximate surface area is 122 Å². The van der Waals surface area contributed by atoms with Gasteiger partial charge in [0.25, 0.3) is 0 Å². The van der Waals surface area contributed by atoms with Crippen molar-refractivity contribution in [3.05, 3.63) is 30.1 Å². The first-order valence-electron chi connectivity index (χ1n) is 7.98. The van der Waals surface area contributed by atoms with Gasteiger partial charge in [0, 0.05) is 24.8 Å². The number of benzene rings is 1. The molecule has 0 saturated heterocycles. The van der Waals surface area contributed by atoms with Crippen LogP contribution in [0.2, 0.25) is 0 Å². The second-order valence-electron chi connectivity index (χ2n) is 5.70. The molecule has 1 aromatic rings. The molecular weight excluding hydrogens is 251 g/mol. The molecule has 0 spiro atoms. The van der Waals surface area contributed by atoms with Crippen molar-refractivity contribution in [2.75, 3.05) is 24.5 Å². The standard InChI is InChI=1S/C17H27FN2/c1-3-19-17-7-5-6-14(17)12-13-20(4-2)16-10-8-15(18)9-11-16/h8-11,14,17,19H,3-7,12-13H2,1-2H3. The monoisotopic (exact) mass is 278 g/mol. The van der Waals surface area contributed by atoms with Crippen molar-refractivity contribution in [3.8, 4) is 0 Å². The summed E-state index contributed by atoms with van der Waals surface area (Å²) in [5, 5.41) is 3.62. The molecule has 0 aliphatic heterocycles. The molecule has 1 aliphatic carbocycles. The molecule has 1 aromatic carbocycles. The first-order chi connectivity index (χ1) is 9.74. The largest absolute Gasteiger partial charge is 0.372 e. The predicted octanol–water partition coefficient (Wildman–Crippen LogP) is 3.82. The molecule has 1 aliphatic rings. The zero-order chi connectivity index (χ0) is 14.4. The summed E-state index contributed by atoms with van der Waals surface area (Å²) in [6.07, 6.45) is 5.24. The molecule has 0 heterocycles. The molecule has 0 amide bonds. The van der Waals surface area contributed by atoms with E-state index in [1.807, 2.05) is 12.1 Å². The highest BCUT2D eigenvalue weighted by molar-refractivity contribution is 5.45. The zero-order valence-corrected chi connectivity index (χ0v) is 12.7. The number of nitrogens with one attached hydrogen (secondary N) is 1. The van der Waals surface area contributed by atoms with E-state index in [0.29, 0.717) is 6.04 Å². The van der Waals surface area contributed by atoms with Gasteiger partial charge in [0.05, 0.1) is 0 Å². The molecule has 2 unspecified atom stereocenters. The minimum atomic E-state index is -0.159. The fourth-order valence-corrected chi connectivity index (χ4v) is 3.36. The molecule has 2 rings (SSSR count). The second kappa shape index (κ2) is 7.63. The minimum Gasteiger partial charge on any atom is -0.372 e. The summed E-state index contributed by atoms with van der Waals surface area (Å²) >= 11 is 0. The first-order valence-corrected chi connectivity index (χ1v) is 7.98. The van der Waals surface area contributed by atoms with Crippen LogP contribution < -0.4 is 10.2 Å². The van der Waals surface area contributed by atoms with Crippen LogP contribution in [0.3, 0.4) is 0 Å². The third-order valence-electron chi connectivity index (χ3n) is 4.47. The van der Waals surface area contributed by atoms with Crippen molar-refractivity contribution >= 4 is 5.69 Å².